The van der Waals surface area contributed by atoms with Gasteiger partial charge in [-0.1, -0.05) is 19.9 Å². The van der Waals surface area contributed by atoms with Crippen LogP contribution in [-0.4, -0.2) is 25.6 Å². The van der Waals surface area contributed by atoms with Crippen molar-refractivity contribution in [2.24, 2.45) is 11.1 Å². The van der Waals surface area contributed by atoms with Crippen LogP contribution < -0.4 is 15.8 Å². The Morgan fingerprint density at radius 2 is 2.10 bits per heavy atom. The van der Waals surface area contributed by atoms with Gasteiger partial charge < -0.3 is 15.8 Å². The Hall–Kier alpha value is -1.62. The zero-order valence-corrected chi connectivity index (χ0v) is 12.1. The molecule has 0 fully saturated rings. The van der Waals surface area contributed by atoms with E-state index in [1.165, 1.54) is 12.1 Å². The molecule has 0 saturated heterocycles. The van der Waals surface area contributed by atoms with Gasteiger partial charge in [-0.05, 0) is 25.0 Å². The second-order valence-electron chi connectivity index (χ2n) is 4.75. The molecule has 0 heterocycles. The summed E-state index contributed by atoms with van der Waals surface area (Å²) in [6.07, 6.45) is 1.41. The summed E-state index contributed by atoms with van der Waals surface area (Å²) >= 11 is 0. The van der Waals surface area contributed by atoms with Gasteiger partial charge in [0.25, 0.3) is 0 Å². The third kappa shape index (κ3) is 4.20. The number of amides is 1. The molecule has 0 atom stereocenters. The highest BCUT2D eigenvalue weighted by molar-refractivity contribution is 5.82. The van der Waals surface area contributed by atoms with E-state index >= 15 is 0 Å². The molecule has 0 aliphatic carbocycles. The van der Waals surface area contributed by atoms with Crippen molar-refractivity contribution in [2.75, 3.05) is 19.7 Å². The molecule has 0 spiro atoms. The summed E-state index contributed by atoms with van der Waals surface area (Å²) in [4.78, 5) is 12.1. The van der Waals surface area contributed by atoms with E-state index in [2.05, 4.69) is 5.32 Å². The molecule has 20 heavy (non-hydrogen) atoms. The predicted octanol–water partition coefficient (Wildman–Crippen LogP) is 2.09. The molecule has 112 valence electrons. The van der Waals surface area contributed by atoms with Crippen LogP contribution in [0.25, 0.3) is 0 Å². The zero-order chi connectivity index (χ0) is 15.0. The summed E-state index contributed by atoms with van der Waals surface area (Å²) in [7, 11) is 0. The molecule has 0 radical (unpaired) electrons. The van der Waals surface area contributed by atoms with Crippen molar-refractivity contribution < 1.29 is 13.9 Å². The largest absolute Gasteiger partial charge is 0.492 e. The third-order valence-corrected chi connectivity index (χ3v) is 3.68. The van der Waals surface area contributed by atoms with Gasteiger partial charge in [0.2, 0.25) is 5.91 Å². The number of halogens is 1. The van der Waals surface area contributed by atoms with Crippen LogP contribution in [0.15, 0.2) is 24.3 Å². The fraction of sp³-hybridized carbons (Fsp3) is 0.533. The lowest BCUT2D eigenvalue weighted by Crippen LogP contribution is -2.46. The summed E-state index contributed by atoms with van der Waals surface area (Å²) in [6, 6.07) is 5.92. The monoisotopic (exact) mass is 282 g/mol. The Labute approximate surface area is 119 Å². The normalized spacial score (nSPS) is 11.2. The summed E-state index contributed by atoms with van der Waals surface area (Å²) in [5, 5.41) is 2.82. The van der Waals surface area contributed by atoms with Crippen LogP contribution in [0.1, 0.15) is 26.7 Å². The van der Waals surface area contributed by atoms with Gasteiger partial charge in [0.15, 0.2) is 0 Å². The van der Waals surface area contributed by atoms with Crippen molar-refractivity contribution in [2.45, 2.75) is 26.7 Å². The number of rotatable bonds is 8. The second kappa shape index (κ2) is 7.85. The number of ether oxygens (including phenoxy) is 1. The van der Waals surface area contributed by atoms with Crippen LogP contribution in [0, 0.1) is 11.2 Å². The minimum atomic E-state index is -0.501. The highest BCUT2D eigenvalue weighted by Gasteiger charge is 2.32. The van der Waals surface area contributed by atoms with E-state index in [0.717, 1.165) is 0 Å². The molecular formula is C15H23FN2O2. The first kappa shape index (κ1) is 16.4. The predicted molar refractivity (Wildman–Crippen MR) is 77.0 cm³/mol. The summed E-state index contributed by atoms with van der Waals surface area (Å²) in [5.41, 5.74) is 5.21. The van der Waals surface area contributed by atoms with Gasteiger partial charge >= 0.3 is 0 Å². The Balaban J connectivity index is 2.39. The molecule has 0 aromatic heterocycles. The van der Waals surface area contributed by atoms with Crippen LogP contribution in [-0.2, 0) is 4.79 Å². The maximum atomic E-state index is 12.9. The SMILES string of the molecule is CCC(CC)(CN)C(=O)NCCOc1cccc(F)c1. The minimum absolute atomic E-state index is 0.0483. The maximum Gasteiger partial charge on any atom is 0.227 e. The van der Waals surface area contributed by atoms with Crippen LogP contribution >= 0.6 is 0 Å². The number of nitrogens with two attached hydrogens (primary N) is 1. The third-order valence-electron chi connectivity index (χ3n) is 3.68. The minimum Gasteiger partial charge on any atom is -0.492 e. The fourth-order valence-electron chi connectivity index (χ4n) is 2.03. The van der Waals surface area contributed by atoms with E-state index in [-0.39, 0.29) is 11.7 Å². The van der Waals surface area contributed by atoms with E-state index in [4.69, 9.17) is 10.5 Å². The van der Waals surface area contributed by atoms with Crippen molar-refractivity contribution in [1.29, 1.82) is 0 Å². The van der Waals surface area contributed by atoms with E-state index in [1.807, 2.05) is 13.8 Å². The van der Waals surface area contributed by atoms with Crippen LogP contribution in [0.5, 0.6) is 5.75 Å². The molecule has 5 heteroatoms. The van der Waals surface area contributed by atoms with Gasteiger partial charge in [0, 0.05) is 12.6 Å². The maximum absolute atomic E-state index is 12.9. The first-order valence-electron chi connectivity index (χ1n) is 6.94. The molecule has 3 N–H and O–H groups in total. The molecule has 1 aromatic rings. The van der Waals surface area contributed by atoms with Gasteiger partial charge in [0.05, 0.1) is 12.0 Å². The molecule has 0 aliphatic rings. The molecule has 0 saturated carbocycles. The topological polar surface area (TPSA) is 64.4 Å². The molecule has 1 rings (SSSR count). The van der Waals surface area contributed by atoms with Crippen molar-refractivity contribution >= 4 is 5.91 Å². The van der Waals surface area contributed by atoms with Crippen molar-refractivity contribution in [3.8, 4) is 5.75 Å². The van der Waals surface area contributed by atoms with E-state index in [0.29, 0.717) is 38.3 Å². The van der Waals surface area contributed by atoms with E-state index < -0.39 is 5.41 Å². The average Bonchev–Trinajstić information content (AvgIpc) is 2.46. The zero-order valence-electron chi connectivity index (χ0n) is 12.1. The van der Waals surface area contributed by atoms with Gasteiger partial charge in [0.1, 0.15) is 18.2 Å². The lowest BCUT2D eigenvalue weighted by Gasteiger charge is -2.28. The molecule has 1 aromatic carbocycles. The average molecular weight is 282 g/mol. The Kier molecular flexibility index (Phi) is 6.45. The summed E-state index contributed by atoms with van der Waals surface area (Å²) in [5.74, 6) is 0.0637. The molecular weight excluding hydrogens is 259 g/mol. The Morgan fingerprint density at radius 3 is 2.65 bits per heavy atom. The van der Waals surface area contributed by atoms with E-state index in [1.54, 1.807) is 12.1 Å². The molecule has 0 aliphatic heterocycles. The molecule has 0 bridgehead atoms. The fourth-order valence-corrected chi connectivity index (χ4v) is 2.03. The number of hydrogen-bond donors (Lipinski definition) is 2. The highest BCUT2D eigenvalue weighted by Crippen LogP contribution is 2.24. The van der Waals surface area contributed by atoms with Gasteiger partial charge in [-0.3, -0.25) is 4.79 Å². The smallest absolute Gasteiger partial charge is 0.227 e. The first-order valence-corrected chi connectivity index (χ1v) is 6.94. The van der Waals surface area contributed by atoms with Crippen LogP contribution in [0.3, 0.4) is 0 Å². The second-order valence-corrected chi connectivity index (χ2v) is 4.75. The number of benzene rings is 1. The first-order chi connectivity index (χ1) is 9.57. The van der Waals surface area contributed by atoms with Crippen molar-refractivity contribution in [3.05, 3.63) is 30.1 Å². The molecule has 0 unspecified atom stereocenters. The lowest BCUT2D eigenvalue weighted by atomic mass is 9.81. The quantitative estimate of drug-likeness (QED) is 0.718. The summed E-state index contributed by atoms with van der Waals surface area (Å²) in [6.45, 7) is 4.91. The van der Waals surface area contributed by atoms with Gasteiger partial charge in [-0.25, -0.2) is 4.39 Å². The van der Waals surface area contributed by atoms with Crippen LogP contribution in [0.2, 0.25) is 0 Å². The van der Waals surface area contributed by atoms with Gasteiger partial charge in [-0.15, -0.1) is 0 Å². The van der Waals surface area contributed by atoms with E-state index in [9.17, 15) is 9.18 Å². The van der Waals surface area contributed by atoms with Crippen molar-refractivity contribution in [1.82, 2.24) is 5.32 Å². The highest BCUT2D eigenvalue weighted by atomic mass is 19.1. The number of carbonyl (C=O) groups excluding carboxylic acids is 1. The summed E-state index contributed by atoms with van der Waals surface area (Å²) < 4.78 is 18.3. The lowest BCUT2D eigenvalue weighted by molar-refractivity contribution is -0.131. The number of carbonyl (C=O) groups is 1. The van der Waals surface area contributed by atoms with Crippen molar-refractivity contribution in [3.63, 3.8) is 0 Å². The Morgan fingerprint density at radius 1 is 1.40 bits per heavy atom. The number of nitrogens with one attached hydrogen (secondary N) is 1. The number of hydrogen-bond acceptors (Lipinski definition) is 3. The molecule has 4 nitrogen and oxygen atoms in total. The van der Waals surface area contributed by atoms with Gasteiger partial charge in [-0.2, -0.15) is 0 Å². The standard InChI is InChI=1S/C15H23FN2O2/c1-3-15(4-2,11-17)14(19)18-8-9-20-13-7-5-6-12(16)10-13/h5-7,10H,3-4,8-9,11,17H2,1-2H3,(H,18,19). The molecule has 1 amide bonds. The Bertz CT molecular complexity index is 425. The van der Waals surface area contributed by atoms with Crippen LogP contribution in [0.4, 0.5) is 4.39 Å².